The van der Waals surface area contributed by atoms with Crippen molar-refractivity contribution < 1.29 is 18.0 Å². The van der Waals surface area contributed by atoms with Crippen LogP contribution in [0.25, 0.3) is 0 Å². The Balaban J connectivity index is 2.04. The van der Waals surface area contributed by atoms with E-state index in [9.17, 15) is 18.0 Å². The van der Waals surface area contributed by atoms with Gasteiger partial charge in [0.15, 0.2) is 0 Å². The average Bonchev–Trinajstić information content (AvgIpc) is 2.94. The topological polar surface area (TPSA) is 38.1 Å². The molecule has 1 aliphatic heterocycles. The molecule has 0 saturated heterocycles. The number of aryl methyl sites for hydroxylation is 1. The maximum atomic E-state index is 12.9. The summed E-state index contributed by atoms with van der Waals surface area (Å²) in [7, 11) is 0. The highest BCUT2D eigenvalue weighted by atomic mass is 19.4. The van der Waals surface area contributed by atoms with Crippen LogP contribution in [0.1, 0.15) is 40.1 Å². The zero-order chi connectivity index (χ0) is 17.6. The van der Waals surface area contributed by atoms with Gasteiger partial charge < -0.3 is 4.90 Å². The van der Waals surface area contributed by atoms with Crippen LogP contribution < -0.4 is 4.90 Å². The fraction of sp³-hybridized carbons (Fsp3) is 0.294. The van der Waals surface area contributed by atoms with E-state index in [1.54, 1.807) is 4.68 Å². The minimum Gasteiger partial charge on any atom is -0.305 e. The van der Waals surface area contributed by atoms with Crippen LogP contribution in [-0.4, -0.2) is 22.2 Å². The number of hydrogen-bond donors (Lipinski definition) is 0. The molecular weight excluding hydrogens is 319 g/mol. The Morgan fingerprint density at radius 2 is 2.08 bits per heavy atom. The minimum absolute atomic E-state index is 0.0664. The summed E-state index contributed by atoms with van der Waals surface area (Å²) in [6.45, 7) is 3.55. The molecule has 1 amide bonds. The molecule has 0 N–H and O–H groups in total. The fourth-order valence-corrected chi connectivity index (χ4v) is 2.92. The highest BCUT2D eigenvalue weighted by molar-refractivity contribution is 6.07. The van der Waals surface area contributed by atoms with Gasteiger partial charge in [-0.3, -0.25) is 9.48 Å². The van der Waals surface area contributed by atoms with Gasteiger partial charge in [0.25, 0.3) is 5.91 Å². The molecule has 0 fully saturated rings. The molecule has 1 aromatic carbocycles. The summed E-state index contributed by atoms with van der Waals surface area (Å²) in [5, 5.41) is 4.13. The van der Waals surface area contributed by atoms with E-state index in [0.29, 0.717) is 17.8 Å². The van der Waals surface area contributed by atoms with Crippen LogP contribution in [0.3, 0.4) is 0 Å². The van der Waals surface area contributed by atoms with Crippen LogP contribution in [-0.2, 0) is 6.18 Å². The maximum absolute atomic E-state index is 12.9. The summed E-state index contributed by atoms with van der Waals surface area (Å²) in [5.74, 6) is 2.06. The number of benzene rings is 1. The second-order valence-corrected chi connectivity index (χ2v) is 5.76. The molecule has 0 spiro atoms. The van der Waals surface area contributed by atoms with Crippen LogP contribution in [0.15, 0.2) is 24.4 Å². The van der Waals surface area contributed by atoms with Crippen molar-refractivity contribution in [1.29, 1.82) is 0 Å². The van der Waals surface area contributed by atoms with Gasteiger partial charge in [0.05, 0.1) is 23.4 Å². The average molecular weight is 333 g/mol. The summed E-state index contributed by atoms with van der Waals surface area (Å²) in [4.78, 5) is 14.2. The van der Waals surface area contributed by atoms with Gasteiger partial charge in [-0.2, -0.15) is 18.3 Å². The monoisotopic (exact) mass is 333 g/mol. The molecule has 0 aliphatic carbocycles. The zero-order valence-electron chi connectivity index (χ0n) is 13.1. The molecule has 124 valence electrons. The lowest BCUT2D eigenvalue weighted by atomic mass is 10.1. The second-order valence-electron chi connectivity index (χ2n) is 5.76. The first-order chi connectivity index (χ1) is 11.2. The number of carbonyl (C=O) groups excluding carboxylic acids is 1. The Bertz CT molecular complexity index is 861. The zero-order valence-corrected chi connectivity index (χ0v) is 13.1. The predicted octanol–water partition coefficient (Wildman–Crippen LogP) is 3.41. The molecule has 0 bridgehead atoms. The smallest absolute Gasteiger partial charge is 0.305 e. The normalized spacial score (nSPS) is 17.6. The van der Waals surface area contributed by atoms with Crippen molar-refractivity contribution in [2.24, 2.45) is 0 Å². The summed E-state index contributed by atoms with van der Waals surface area (Å²) >= 11 is 0. The third-order valence-electron chi connectivity index (χ3n) is 4.09. The minimum atomic E-state index is -4.42. The van der Waals surface area contributed by atoms with Gasteiger partial charge in [0, 0.05) is 12.2 Å². The van der Waals surface area contributed by atoms with Crippen LogP contribution in [0, 0.1) is 19.3 Å². The summed E-state index contributed by atoms with van der Waals surface area (Å²) < 4.78 is 40.3. The summed E-state index contributed by atoms with van der Waals surface area (Å²) in [6, 6.07) is 3.54. The van der Waals surface area contributed by atoms with Crippen LogP contribution >= 0.6 is 0 Å². The summed E-state index contributed by atoms with van der Waals surface area (Å²) in [6.07, 6.45) is 2.43. The van der Waals surface area contributed by atoms with Crippen LogP contribution in [0.4, 0.5) is 18.9 Å². The van der Waals surface area contributed by atoms with Crippen LogP contribution in [0.2, 0.25) is 0 Å². The first-order valence-electron chi connectivity index (χ1n) is 7.28. The number of rotatable bonds is 1. The van der Waals surface area contributed by atoms with Crippen molar-refractivity contribution in [3.63, 3.8) is 0 Å². The molecule has 0 unspecified atom stereocenters. The maximum Gasteiger partial charge on any atom is 0.416 e. The fourth-order valence-electron chi connectivity index (χ4n) is 2.92. The first kappa shape index (κ1) is 16.1. The largest absolute Gasteiger partial charge is 0.416 e. The van der Waals surface area contributed by atoms with Crippen molar-refractivity contribution in [3.05, 3.63) is 46.8 Å². The Labute approximate surface area is 136 Å². The van der Waals surface area contributed by atoms with E-state index >= 15 is 0 Å². The van der Waals surface area contributed by atoms with E-state index in [4.69, 9.17) is 6.42 Å². The molecule has 2 heterocycles. The number of anilines is 1. The van der Waals surface area contributed by atoms with Crippen LogP contribution in [0.5, 0.6) is 0 Å². The van der Waals surface area contributed by atoms with E-state index < -0.39 is 11.7 Å². The lowest BCUT2D eigenvalue weighted by Crippen LogP contribution is -2.43. The van der Waals surface area contributed by atoms with Crippen molar-refractivity contribution in [3.8, 4) is 12.3 Å². The third-order valence-corrected chi connectivity index (χ3v) is 4.09. The molecule has 1 atom stereocenters. The Hall–Kier alpha value is -2.75. The number of alkyl halides is 3. The SMILES string of the molecule is C#Cc1cnn2c1C(=O)N(c1ccc(C(F)(F)F)c(C)c1)C[C@@H]2C. The Morgan fingerprint density at radius 1 is 1.38 bits per heavy atom. The molecule has 24 heavy (non-hydrogen) atoms. The predicted molar refractivity (Wildman–Crippen MR) is 82.7 cm³/mol. The number of terminal acetylenes is 1. The lowest BCUT2D eigenvalue weighted by Gasteiger charge is -2.32. The van der Waals surface area contributed by atoms with E-state index in [-0.39, 0.29) is 23.2 Å². The van der Waals surface area contributed by atoms with E-state index in [0.717, 1.165) is 6.07 Å². The van der Waals surface area contributed by atoms with Gasteiger partial charge in [-0.1, -0.05) is 5.92 Å². The van der Waals surface area contributed by atoms with Crippen molar-refractivity contribution in [2.75, 3.05) is 11.4 Å². The van der Waals surface area contributed by atoms with E-state index in [1.807, 2.05) is 6.92 Å². The molecule has 1 aliphatic rings. The number of carbonyl (C=O) groups is 1. The van der Waals surface area contributed by atoms with Gasteiger partial charge in [-0.15, -0.1) is 6.42 Å². The van der Waals surface area contributed by atoms with E-state index in [2.05, 4.69) is 11.0 Å². The number of nitrogens with zero attached hydrogens (tertiary/aromatic N) is 3. The molecule has 1 aromatic heterocycles. The van der Waals surface area contributed by atoms with Gasteiger partial charge in [-0.25, -0.2) is 0 Å². The van der Waals surface area contributed by atoms with E-state index in [1.165, 1.54) is 30.2 Å². The molecule has 0 saturated carbocycles. The van der Waals surface area contributed by atoms with Crippen molar-refractivity contribution in [1.82, 2.24) is 9.78 Å². The highest BCUT2D eigenvalue weighted by Crippen LogP contribution is 2.35. The molecule has 0 radical (unpaired) electrons. The Kier molecular flexibility index (Phi) is 3.63. The van der Waals surface area contributed by atoms with Gasteiger partial charge in [0.1, 0.15) is 5.69 Å². The Morgan fingerprint density at radius 3 is 2.67 bits per heavy atom. The van der Waals surface area contributed by atoms with Crippen molar-refractivity contribution in [2.45, 2.75) is 26.1 Å². The molecule has 2 aromatic rings. The lowest BCUT2D eigenvalue weighted by molar-refractivity contribution is -0.138. The number of aromatic nitrogens is 2. The second kappa shape index (κ2) is 5.41. The molecule has 4 nitrogen and oxygen atoms in total. The van der Waals surface area contributed by atoms with Crippen molar-refractivity contribution >= 4 is 11.6 Å². The standard InChI is InChI=1S/C17H14F3N3O/c1-4-12-8-21-23-11(3)9-22(16(24)15(12)23)13-5-6-14(10(2)7-13)17(18,19)20/h1,5-8,11H,9H2,2-3H3/t11-/m0/s1. The van der Waals surface area contributed by atoms with Gasteiger partial charge in [-0.05, 0) is 37.6 Å². The quantitative estimate of drug-likeness (QED) is 0.750. The highest BCUT2D eigenvalue weighted by Gasteiger charge is 2.35. The number of amides is 1. The molecule has 3 rings (SSSR count). The van der Waals surface area contributed by atoms with Gasteiger partial charge >= 0.3 is 6.18 Å². The summed E-state index contributed by atoms with van der Waals surface area (Å²) in [5.41, 5.74) is 0.427. The number of halogens is 3. The molecular formula is C17H14F3N3O. The number of fused-ring (bicyclic) bond motifs is 1. The molecule has 7 heteroatoms. The van der Waals surface area contributed by atoms with Gasteiger partial charge in [0.2, 0.25) is 0 Å². The third kappa shape index (κ3) is 2.44. The first-order valence-corrected chi connectivity index (χ1v) is 7.28. The number of hydrogen-bond acceptors (Lipinski definition) is 2.